The number of fused-ring (bicyclic) bond motifs is 1. The Balaban J connectivity index is 1.85. The molecule has 152 valence electrons. The Morgan fingerprint density at radius 2 is 2.04 bits per heavy atom. The van der Waals surface area contributed by atoms with Crippen molar-refractivity contribution in [3.63, 3.8) is 0 Å². The van der Waals surface area contributed by atoms with E-state index in [1.807, 2.05) is 18.7 Å². The average molecular weight is 405 g/mol. The van der Waals surface area contributed by atoms with Gasteiger partial charge in [-0.1, -0.05) is 13.8 Å². The first-order valence-electron chi connectivity index (χ1n) is 9.89. The van der Waals surface area contributed by atoms with Crippen LogP contribution in [-0.2, 0) is 11.3 Å². The molecule has 1 aliphatic rings. The predicted molar refractivity (Wildman–Crippen MR) is 111 cm³/mol. The second-order valence-electron chi connectivity index (χ2n) is 7.76. The molecule has 7 nitrogen and oxygen atoms in total. The van der Waals surface area contributed by atoms with Crippen LogP contribution in [0.15, 0.2) is 11.1 Å². The van der Waals surface area contributed by atoms with Crippen LogP contribution in [0.2, 0.25) is 0 Å². The molecule has 1 N–H and O–H groups in total. The standard InChI is InChI=1S/C20H28N4O3S/c1-5-13(3)22-18(26)17-14(4)16-19(28-17)21-11-24(20(16)27)10-15(25)23-8-6-12(2)7-9-23/h11-13H,5-10H2,1-4H3,(H,22,26)/t13-/m1/s1. The highest BCUT2D eigenvalue weighted by molar-refractivity contribution is 7.20. The van der Waals surface area contributed by atoms with Gasteiger partial charge in [0.05, 0.1) is 16.6 Å². The smallest absolute Gasteiger partial charge is 0.262 e. The molecule has 0 spiro atoms. The minimum Gasteiger partial charge on any atom is -0.349 e. The van der Waals surface area contributed by atoms with E-state index in [1.165, 1.54) is 22.2 Å². The van der Waals surface area contributed by atoms with Crippen LogP contribution in [0.25, 0.3) is 10.2 Å². The Morgan fingerprint density at radius 3 is 2.68 bits per heavy atom. The zero-order valence-corrected chi connectivity index (χ0v) is 17.8. The lowest BCUT2D eigenvalue weighted by atomic mass is 9.99. The number of hydrogen-bond donors (Lipinski definition) is 1. The summed E-state index contributed by atoms with van der Waals surface area (Å²) in [5.41, 5.74) is 0.368. The van der Waals surface area contributed by atoms with E-state index in [1.54, 1.807) is 6.92 Å². The highest BCUT2D eigenvalue weighted by atomic mass is 32.1. The molecule has 1 saturated heterocycles. The van der Waals surface area contributed by atoms with Gasteiger partial charge in [-0.15, -0.1) is 11.3 Å². The molecule has 0 aliphatic carbocycles. The van der Waals surface area contributed by atoms with E-state index in [0.29, 0.717) is 26.6 Å². The first kappa shape index (κ1) is 20.5. The highest BCUT2D eigenvalue weighted by Crippen LogP contribution is 2.27. The van der Waals surface area contributed by atoms with Gasteiger partial charge in [-0.25, -0.2) is 4.98 Å². The number of carbonyl (C=O) groups is 2. The zero-order chi connectivity index (χ0) is 20.4. The molecule has 0 bridgehead atoms. The molecule has 3 heterocycles. The number of nitrogens with one attached hydrogen (secondary N) is 1. The lowest BCUT2D eigenvalue weighted by molar-refractivity contribution is -0.133. The summed E-state index contributed by atoms with van der Waals surface area (Å²) in [6.07, 6.45) is 4.24. The topological polar surface area (TPSA) is 84.3 Å². The Morgan fingerprint density at radius 1 is 1.36 bits per heavy atom. The minimum atomic E-state index is -0.264. The monoisotopic (exact) mass is 404 g/mol. The summed E-state index contributed by atoms with van der Waals surface area (Å²) in [6, 6.07) is 0.0617. The molecule has 2 aromatic rings. The molecule has 1 fully saturated rings. The highest BCUT2D eigenvalue weighted by Gasteiger charge is 2.23. The van der Waals surface area contributed by atoms with Gasteiger partial charge in [0.15, 0.2) is 0 Å². The lowest BCUT2D eigenvalue weighted by Crippen LogP contribution is -2.41. The van der Waals surface area contributed by atoms with Gasteiger partial charge in [0.25, 0.3) is 11.5 Å². The van der Waals surface area contributed by atoms with E-state index < -0.39 is 0 Å². The Bertz CT molecular complexity index is 941. The first-order valence-corrected chi connectivity index (χ1v) is 10.7. The van der Waals surface area contributed by atoms with Crippen LogP contribution in [0.1, 0.15) is 55.3 Å². The van der Waals surface area contributed by atoms with Crippen LogP contribution < -0.4 is 10.9 Å². The van der Waals surface area contributed by atoms with Crippen LogP contribution >= 0.6 is 11.3 Å². The molecular formula is C20H28N4O3S. The number of aromatic nitrogens is 2. The first-order chi connectivity index (χ1) is 13.3. The summed E-state index contributed by atoms with van der Waals surface area (Å²) < 4.78 is 1.36. The Labute approximate surface area is 168 Å². The number of piperidine rings is 1. The maximum atomic E-state index is 13.0. The number of hydrogen-bond acceptors (Lipinski definition) is 5. The van der Waals surface area contributed by atoms with Crippen LogP contribution in [0.5, 0.6) is 0 Å². The fourth-order valence-electron chi connectivity index (χ4n) is 3.38. The Kier molecular flexibility index (Phi) is 6.17. The van der Waals surface area contributed by atoms with E-state index in [9.17, 15) is 14.4 Å². The summed E-state index contributed by atoms with van der Waals surface area (Å²) in [6.45, 7) is 9.37. The third-order valence-corrected chi connectivity index (χ3v) is 6.75. The molecule has 0 radical (unpaired) electrons. The third kappa shape index (κ3) is 4.11. The van der Waals surface area contributed by atoms with Crippen molar-refractivity contribution < 1.29 is 9.59 Å². The summed E-state index contributed by atoms with van der Waals surface area (Å²) in [5.74, 6) is 0.398. The second kappa shape index (κ2) is 8.43. The molecule has 8 heteroatoms. The maximum absolute atomic E-state index is 13.0. The molecule has 0 saturated carbocycles. The van der Waals surface area contributed by atoms with Crippen molar-refractivity contribution in [2.45, 2.75) is 59.5 Å². The van der Waals surface area contributed by atoms with Crippen molar-refractivity contribution in [2.75, 3.05) is 13.1 Å². The maximum Gasteiger partial charge on any atom is 0.262 e. The molecule has 0 unspecified atom stereocenters. The van der Waals surface area contributed by atoms with Crippen LogP contribution in [0.4, 0.5) is 0 Å². The third-order valence-electron chi connectivity index (χ3n) is 5.56. The van der Waals surface area contributed by atoms with Crippen molar-refractivity contribution in [2.24, 2.45) is 5.92 Å². The summed E-state index contributed by atoms with van der Waals surface area (Å²) in [5, 5.41) is 3.37. The number of likely N-dealkylation sites (tertiary alicyclic amines) is 1. The molecule has 28 heavy (non-hydrogen) atoms. The van der Waals surface area contributed by atoms with Gasteiger partial charge in [-0.2, -0.15) is 0 Å². The number of nitrogens with zero attached hydrogens (tertiary/aromatic N) is 3. The van der Waals surface area contributed by atoms with Crippen molar-refractivity contribution in [1.82, 2.24) is 19.8 Å². The van der Waals surface area contributed by atoms with Gasteiger partial charge < -0.3 is 10.2 Å². The number of rotatable bonds is 5. The molecule has 3 rings (SSSR count). The number of thiophene rings is 1. The largest absolute Gasteiger partial charge is 0.349 e. The van der Waals surface area contributed by atoms with Crippen molar-refractivity contribution >= 4 is 33.4 Å². The molecule has 1 aliphatic heterocycles. The summed E-state index contributed by atoms with van der Waals surface area (Å²) in [4.78, 5) is 45.3. The second-order valence-corrected chi connectivity index (χ2v) is 8.76. The van der Waals surface area contributed by atoms with E-state index in [0.717, 1.165) is 32.4 Å². The Hall–Kier alpha value is -2.22. The molecule has 2 amide bonds. The molecule has 2 aromatic heterocycles. The van der Waals surface area contributed by atoms with Gasteiger partial charge in [0.1, 0.15) is 11.4 Å². The molecular weight excluding hydrogens is 376 g/mol. The van der Waals surface area contributed by atoms with Crippen molar-refractivity contribution in [3.05, 3.63) is 27.1 Å². The van der Waals surface area contributed by atoms with E-state index in [-0.39, 0.29) is 30.0 Å². The quantitative estimate of drug-likeness (QED) is 0.830. The van der Waals surface area contributed by atoms with Crippen LogP contribution in [-0.4, -0.2) is 45.4 Å². The number of aryl methyl sites for hydroxylation is 1. The zero-order valence-electron chi connectivity index (χ0n) is 16.9. The van der Waals surface area contributed by atoms with Crippen LogP contribution in [0.3, 0.4) is 0 Å². The van der Waals surface area contributed by atoms with Gasteiger partial charge in [0, 0.05) is 19.1 Å². The normalized spacial score (nSPS) is 16.4. The van der Waals surface area contributed by atoms with E-state index in [2.05, 4.69) is 17.2 Å². The molecule has 1 atom stereocenters. The number of carbonyl (C=O) groups excluding carboxylic acids is 2. The van der Waals surface area contributed by atoms with Crippen molar-refractivity contribution in [3.8, 4) is 0 Å². The fourth-order valence-corrected chi connectivity index (χ4v) is 4.43. The predicted octanol–water partition coefficient (Wildman–Crippen LogP) is 2.55. The molecule has 0 aromatic carbocycles. The van der Waals surface area contributed by atoms with Gasteiger partial charge in [-0.3, -0.25) is 19.0 Å². The summed E-state index contributed by atoms with van der Waals surface area (Å²) in [7, 11) is 0. The van der Waals surface area contributed by atoms with E-state index in [4.69, 9.17) is 0 Å². The summed E-state index contributed by atoms with van der Waals surface area (Å²) >= 11 is 1.22. The van der Waals surface area contributed by atoms with E-state index >= 15 is 0 Å². The fraction of sp³-hybridized carbons (Fsp3) is 0.600. The SMILES string of the molecule is CC[C@@H](C)NC(=O)c1sc2ncn(CC(=O)N3CCC(C)CC3)c(=O)c2c1C. The average Bonchev–Trinajstić information content (AvgIpc) is 3.01. The minimum absolute atomic E-state index is 0.0140. The van der Waals surface area contributed by atoms with Crippen molar-refractivity contribution in [1.29, 1.82) is 0 Å². The van der Waals surface area contributed by atoms with Crippen LogP contribution in [0, 0.1) is 12.8 Å². The lowest BCUT2D eigenvalue weighted by Gasteiger charge is -2.30. The number of amides is 2. The van der Waals surface area contributed by atoms with Gasteiger partial charge in [-0.05, 0) is 44.6 Å². The van der Waals surface area contributed by atoms with Gasteiger partial charge in [0.2, 0.25) is 5.91 Å². The van der Waals surface area contributed by atoms with Gasteiger partial charge >= 0.3 is 0 Å².